The minimum absolute atomic E-state index is 0.193. The first-order valence-electron chi connectivity index (χ1n) is 4.06. The standard InChI is InChI=1S/C7H15N5/c1-5(2)6(8-3)7-9-11-12(4)10-7/h5-6,8H,1-4H3. The van der Waals surface area contributed by atoms with Gasteiger partial charge in [0, 0.05) is 0 Å². The molecule has 0 fully saturated rings. The molecule has 1 heterocycles. The Morgan fingerprint density at radius 2 is 2.08 bits per heavy atom. The molecule has 5 nitrogen and oxygen atoms in total. The number of nitrogens with one attached hydrogen (secondary N) is 1. The quantitative estimate of drug-likeness (QED) is 0.698. The summed E-state index contributed by atoms with van der Waals surface area (Å²) in [4.78, 5) is 1.47. The topological polar surface area (TPSA) is 55.6 Å². The second-order valence-electron chi connectivity index (χ2n) is 3.15. The summed E-state index contributed by atoms with van der Waals surface area (Å²) in [6.45, 7) is 4.25. The summed E-state index contributed by atoms with van der Waals surface area (Å²) < 4.78 is 0. The van der Waals surface area contributed by atoms with Crippen molar-refractivity contribution < 1.29 is 0 Å². The Labute approximate surface area is 72.2 Å². The van der Waals surface area contributed by atoms with Crippen molar-refractivity contribution in [2.45, 2.75) is 19.9 Å². The van der Waals surface area contributed by atoms with E-state index in [1.54, 1.807) is 7.05 Å². The molecule has 0 spiro atoms. The molecule has 12 heavy (non-hydrogen) atoms. The molecular weight excluding hydrogens is 154 g/mol. The highest BCUT2D eigenvalue weighted by Crippen LogP contribution is 2.15. The monoisotopic (exact) mass is 169 g/mol. The molecule has 1 aromatic rings. The Balaban J connectivity index is 2.80. The predicted molar refractivity (Wildman–Crippen MR) is 45.4 cm³/mol. The van der Waals surface area contributed by atoms with Gasteiger partial charge in [-0.05, 0) is 18.2 Å². The van der Waals surface area contributed by atoms with E-state index in [1.165, 1.54) is 4.80 Å². The fourth-order valence-electron chi connectivity index (χ4n) is 1.18. The summed E-state index contributed by atoms with van der Waals surface area (Å²) in [5, 5.41) is 15.0. The minimum Gasteiger partial charge on any atom is -0.310 e. The second kappa shape index (κ2) is 3.62. The zero-order valence-electron chi connectivity index (χ0n) is 7.94. The third kappa shape index (κ3) is 1.79. The maximum atomic E-state index is 4.14. The molecule has 68 valence electrons. The van der Waals surface area contributed by atoms with E-state index in [2.05, 4.69) is 34.6 Å². The maximum absolute atomic E-state index is 4.14. The van der Waals surface area contributed by atoms with Crippen LogP contribution in [0, 0.1) is 5.92 Å². The molecule has 5 heteroatoms. The van der Waals surface area contributed by atoms with Crippen LogP contribution in [-0.4, -0.2) is 27.3 Å². The van der Waals surface area contributed by atoms with Crippen LogP contribution in [0.1, 0.15) is 25.7 Å². The number of tetrazole rings is 1. The Morgan fingerprint density at radius 3 is 2.42 bits per heavy atom. The second-order valence-corrected chi connectivity index (χ2v) is 3.15. The van der Waals surface area contributed by atoms with Crippen LogP contribution in [0.5, 0.6) is 0 Å². The number of hydrogen-bond donors (Lipinski definition) is 1. The van der Waals surface area contributed by atoms with Gasteiger partial charge in [-0.2, -0.15) is 4.80 Å². The number of aryl methyl sites for hydroxylation is 1. The molecule has 0 aliphatic carbocycles. The lowest BCUT2D eigenvalue weighted by Crippen LogP contribution is -2.23. The minimum atomic E-state index is 0.193. The molecule has 0 aliphatic rings. The first kappa shape index (κ1) is 9.12. The average Bonchev–Trinajstić information content (AvgIpc) is 2.37. The molecule has 0 aromatic carbocycles. The average molecular weight is 169 g/mol. The van der Waals surface area contributed by atoms with Crippen LogP contribution in [0.25, 0.3) is 0 Å². The van der Waals surface area contributed by atoms with Crippen LogP contribution in [0.15, 0.2) is 0 Å². The van der Waals surface area contributed by atoms with Gasteiger partial charge in [-0.15, -0.1) is 10.2 Å². The van der Waals surface area contributed by atoms with Gasteiger partial charge in [0.15, 0.2) is 5.82 Å². The lowest BCUT2D eigenvalue weighted by Gasteiger charge is -2.15. The highest BCUT2D eigenvalue weighted by atomic mass is 15.6. The van der Waals surface area contributed by atoms with E-state index in [-0.39, 0.29) is 6.04 Å². The fraction of sp³-hybridized carbons (Fsp3) is 0.857. The molecule has 0 bridgehead atoms. The highest BCUT2D eigenvalue weighted by Gasteiger charge is 2.17. The Morgan fingerprint density at radius 1 is 1.42 bits per heavy atom. The number of aromatic nitrogens is 4. The molecule has 0 saturated carbocycles. The molecule has 1 N–H and O–H groups in total. The van der Waals surface area contributed by atoms with Gasteiger partial charge in [0.05, 0.1) is 13.1 Å². The summed E-state index contributed by atoms with van der Waals surface area (Å²) >= 11 is 0. The van der Waals surface area contributed by atoms with Gasteiger partial charge >= 0.3 is 0 Å². The van der Waals surface area contributed by atoms with Gasteiger partial charge in [-0.1, -0.05) is 13.8 Å². The van der Waals surface area contributed by atoms with Gasteiger partial charge in [-0.25, -0.2) is 0 Å². The van der Waals surface area contributed by atoms with Crippen molar-refractivity contribution in [3.05, 3.63) is 5.82 Å². The molecule has 0 saturated heterocycles. The summed E-state index contributed by atoms with van der Waals surface area (Å²) in [5.74, 6) is 1.23. The Hall–Kier alpha value is -0.970. The predicted octanol–water partition coefficient (Wildman–Crippen LogP) is 0.127. The summed E-state index contributed by atoms with van der Waals surface area (Å²) in [6.07, 6.45) is 0. The first-order chi connectivity index (χ1) is 5.65. The molecule has 1 aromatic heterocycles. The van der Waals surface area contributed by atoms with Crippen LogP contribution in [0.3, 0.4) is 0 Å². The fourth-order valence-corrected chi connectivity index (χ4v) is 1.18. The van der Waals surface area contributed by atoms with Gasteiger partial charge < -0.3 is 5.32 Å². The van der Waals surface area contributed by atoms with E-state index in [1.807, 2.05) is 7.05 Å². The van der Waals surface area contributed by atoms with Gasteiger partial charge in [0.1, 0.15) is 0 Å². The number of nitrogens with zero attached hydrogens (tertiary/aromatic N) is 4. The Bertz CT molecular complexity index is 242. The zero-order valence-corrected chi connectivity index (χ0v) is 7.94. The number of rotatable bonds is 3. The van der Waals surface area contributed by atoms with Crippen molar-refractivity contribution in [2.24, 2.45) is 13.0 Å². The lowest BCUT2D eigenvalue weighted by atomic mass is 10.0. The molecule has 0 radical (unpaired) electrons. The van der Waals surface area contributed by atoms with E-state index in [9.17, 15) is 0 Å². The van der Waals surface area contributed by atoms with Crippen LogP contribution < -0.4 is 5.32 Å². The van der Waals surface area contributed by atoms with E-state index in [0.29, 0.717) is 5.92 Å². The molecule has 0 amide bonds. The summed E-state index contributed by atoms with van der Waals surface area (Å²) in [6, 6.07) is 0.193. The molecular formula is C7H15N5. The van der Waals surface area contributed by atoms with Gasteiger partial charge in [0.2, 0.25) is 0 Å². The SMILES string of the molecule is CNC(c1nnn(C)n1)C(C)C. The molecule has 1 rings (SSSR count). The van der Waals surface area contributed by atoms with Crippen molar-refractivity contribution in [3.63, 3.8) is 0 Å². The van der Waals surface area contributed by atoms with Crippen LogP contribution in [0.4, 0.5) is 0 Å². The van der Waals surface area contributed by atoms with Crippen molar-refractivity contribution in [1.29, 1.82) is 0 Å². The highest BCUT2D eigenvalue weighted by molar-refractivity contribution is 4.90. The van der Waals surface area contributed by atoms with E-state index in [4.69, 9.17) is 0 Å². The van der Waals surface area contributed by atoms with Gasteiger partial charge in [0.25, 0.3) is 0 Å². The Kier molecular flexibility index (Phi) is 2.75. The van der Waals surface area contributed by atoms with E-state index < -0.39 is 0 Å². The lowest BCUT2D eigenvalue weighted by molar-refractivity contribution is 0.421. The largest absolute Gasteiger partial charge is 0.310 e. The van der Waals surface area contributed by atoms with Crippen LogP contribution >= 0.6 is 0 Å². The van der Waals surface area contributed by atoms with Crippen molar-refractivity contribution >= 4 is 0 Å². The van der Waals surface area contributed by atoms with Gasteiger partial charge in [-0.3, -0.25) is 0 Å². The van der Waals surface area contributed by atoms with Crippen LogP contribution in [-0.2, 0) is 7.05 Å². The van der Waals surface area contributed by atoms with Crippen molar-refractivity contribution in [2.75, 3.05) is 7.05 Å². The zero-order chi connectivity index (χ0) is 9.14. The maximum Gasteiger partial charge on any atom is 0.191 e. The van der Waals surface area contributed by atoms with Crippen LogP contribution in [0.2, 0.25) is 0 Å². The third-order valence-corrected chi connectivity index (χ3v) is 1.78. The van der Waals surface area contributed by atoms with Crippen molar-refractivity contribution in [3.8, 4) is 0 Å². The third-order valence-electron chi connectivity index (χ3n) is 1.78. The summed E-state index contributed by atoms with van der Waals surface area (Å²) in [5.41, 5.74) is 0. The molecule has 1 atom stereocenters. The number of hydrogen-bond acceptors (Lipinski definition) is 4. The normalized spacial score (nSPS) is 13.8. The first-order valence-corrected chi connectivity index (χ1v) is 4.06. The smallest absolute Gasteiger partial charge is 0.191 e. The van der Waals surface area contributed by atoms with Crippen molar-refractivity contribution in [1.82, 2.24) is 25.5 Å². The van der Waals surface area contributed by atoms with E-state index in [0.717, 1.165) is 5.82 Å². The summed E-state index contributed by atoms with van der Waals surface area (Å²) in [7, 11) is 3.67. The molecule has 1 unspecified atom stereocenters. The molecule has 0 aliphatic heterocycles. The van der Waals surface area contributed by atoms with E-state index >= 15 is 0 Å².